The fraction of sp³-hybridized carbons (Fsp3) is 1.00. The van der Waals surface area contributed by atoms with Crippen molar-refractivity contribution >= 4 is 22.9 Å². The second-order valence-corrected chi connectivity index (χ2v) is 4.81. The van der Waals surface area contributed by atoms with E-state index in [1.165, 1.54) is 45.1 Å². The summed E-state index contributed by atoms with van der Waals surface area (Å²) in [4.78, 5) is 0. The van der Waals surface area contributed by atoms with Gasteiger partial charge in [0.15, 0.2) is 0 Å². The van der Waals surface area contributed by atoms with Crippen molar-refractivity contribution in [3.63, 3.8) is 0 Å². The second kappa shape index (κ2) is 6.19. The van der Waals surface area contributed by atoms with Gasteiger partial charge in [-0.2, -0.15) is 0 Å². The molecule has 0 aromatic heterocycles. The van der Waals surface area contributed by atoms with Crippen molar-refractivity contribution in [2.24, 2.45) is 11.8 Å². The Morgan fingerprint density at radius 2 is 2.00 bits per heavy atom. The maximum atomic E-state index is 3.21. The normalized spacial score (nSPS) is 22.5. The van der Waals surface area contributed by atoms with E-state index in [9.17, 15) is 0 Å². The fourth-order valence-corrected chi connectivity index (χ4v) is 2.53. The molecule has 0 spiro atoms. The third kappa shape index (κ3) is 3.60. The summed E-state index contributed by atoms with van der Waals surface area (Å²) in [6.07, 6.45) is 8.77. The van der Waals surface area contributed by atoms with Gasteiger partial charge in [0.2, 0.25) is 0 Å². The van der Waals surface area contributed by atoms with E-state index in [1.807, 2.05) is 0 Å². The summed E-state index contributed by atoms with van der Waals surface area (Å²) < 4.78 is 3.21. The first-order chi connectivity index (χ1) is 5.84. The smallest absolute Gasteiger partial charge is 0.0169 e. The van der Waals surface area contributed by atoms with Crippen LogP contribution in [0.5, 0.6) is 0 Å². The molecule has 0 bridgehead atoms. The van der Waals surface area contributed by atoms with Gasteiger partial charge in [-0.1, -0.05) is 39.0 Å². The van der Waals surface area contributed by atoms with Crippen molar-refractivity contribution in [1.82, 2.24) is 3.53 Å². The second-order valence-electron chi connectivity index (χ2n) is 4.05. The standard InChI is InChI=1S/C10H20IN/c1-9(7-8-12-11)10-5-3-2-4-6-10/h9-10,12H,2-8H2,1H3/t9-/m1/s1. The summed E-state index contributed by atoms with van der Waals surface area (Å²) >= 11 is 2.24. The van der Waals surface area contributed by atoms with Gasteiger partial charge >= 0.3 is 0 Å². The molecule has 0 amide bonds. The first kappa shape index (κ1) is 10.8. The Morgan fingerprint density at radius 3 is 2.58 bits per heavy atom. The van der Waals surface area contributed by atoms with E-state index in [0.29, 0.717) is 0 Å². The molecule has 12 heavy (non-hydrogen) atoms. The van der Waals surface area contributed by atoms with Crippen LogP contribution in [-0.2, 0) is 0 Å². The molecule has 1 atom stereocenters. The lowest BCUT2D eigenvalue weighted by Gasteiger charge is -2.27. The number of rotatable bonds is 4. The van der Waals surface area contributed by atoms with Gasteiger partial charge in [0.05, 0.1) is 0 Å². The Morgan fingerprint density at radius 1 is 1.33 bits per heavy atom. The molecule has 0 unspecified atom stereocenters. The van der Waals surface area contributed by atoms with Crippen LogP contribution < -0.4 is 3.53 Å². The van der Waals surface area contributed by atoms with Crippen LogP contribution in [0.3, 0.4) is 0 Å². The van der Waals surface area contributed by atoms with Crippen LogP contribution in [0, 0.1) is 11.8 Å². The van der Waals surface area contributed by atoms with E-state index >= 15 is 0 Å². The molecule has 0 heterocycles. The number of hydrogen-bond acceptors (Lipinski definition) is 1. The predicted molar refractivity (Wildman–Crippen MR) is 62.4 cm³/mol. The Kier molecular flexibility index (Phi) is 5.56. The molecule has 0 radical (unpaired) electrons. The molecule has 2 heteroatoms. The molecular weight excluding hydrogens is 261 g/mol. The lowest BCUT2D eigenvalue weighted by molar-refractivity contribution is 0.254. The van der Waals surface area contributed by atoms with E-state index in [1.54, 1.807) is 0 Å². The van der Waals surface area contributed by atoms with Crippen LogP contribution in [0.15, 0.2) is 0 Å². The Hall–Kier alpha value is 0.690. The minimum atomic E-state index is 0.938. The molecule has 1 nitrogen and oxygen atoms in total. The highest BCUT2D eigenvalue weighted by molar-refractivity contribution is 14.1. The van der Waals surface area contributed by atoms with Crippen LogP contribution in [0.1, 0.15) is 45.4 Å². The van der Waals surface area contributed by atoms with Crippen molar-refractivity contribution in [3.05, 3.63) is 0 Å². The predicted octanol–water partition coefficient (Wildman–Crippen LogP) is 3.53. The van der Waals surface area contributed by atoms with Crippen LogP contribution in [0.25, 0.3) is 0 Å². The highest BCUT2D eigenvalue weighted by Gasteiger charge is 2.19. The largest absolute Gasteiger partial charge is 0.261 e. The van der Waals surface area contributed by atoms with Gasteiger partial charge in [0.1, 0.15) is 0 Å². The Bertz CT molecular complexity index is 110. The van der Waals surface area contributed by atoms with E-state index in [0.717, 1.165) is 11.8 Å². The number of hydrogen-bond donors (Lipinski definition) is 1. The van der Waals surface area contributed by atoms with Crippen LogP contribution >= 0.6 is 22.9 Å². The summed E-state index contributed by atoms with van der Waals surface area (Å²) in [6.45, 7) is 3.60. The lowest BCUT2D eigenvalue weighted by atomic mass is 9.79. The molecule has 72 valence electrons. The Labute approximate surface area is 90.2 Å². The SMILES string of the molecule is C[C@H](CCNI)C1CCCCC1. The fourth-order valence-electron chi connectivity index (χ4n) is 2.22. The van der Waals surface area contributed by atoms with Crippen molar-refractivity contribution < 1.29 is 0 Å². The third-order valence-electron chi connectivity index (χ3n) is 3.15. The van der Waals surface area contributed by atoms with Crippen molar-refractivity contribution in [2.45, 2.75) is 45.4 Å². The zero-order valence-corrected chi connectivity index (χ0v) is 10.1. The van der Waals surface area contributed by atoms with E-state index in [2.05, 4.69) is 33.3 Å². The first-order valence-corrected chi connectivity index (χ1v) is 6.26. The van der Waals surface area contributed by atoms with E-state index in [4.69, 9.17) is 0 Å². The summed E-state index contributed by atoms with van der Waals surface area (Å²) in [5.74, 6) is 1.97. The van der Waals surface area contributed by atoms with Gasteiger partial charge < -0.3 is 0 Å². The molecule has 0 saturated heterocycles. The third-order valence-corrected chi connectivity index (χ3v) is 3.69. The molecule has 0 aromatic carbocycles. The molecular formula is C10H20IN. The average molecular weight is 281 g/mol. The molecule has 1 aliphatic rings. The summed E-state index contributed by atoms with van der Waals surface area (Å²) in [6, 6.07) is 0. The average Bonchev–Trinajstić information content (AvgIpc) is 2.15. The van der Waals surface area contributed by atoms with Gasteiger partial charge in [-0.15, -0.1) is 0 Å². The van der Waals surface area contributed by atoms with Gasteiger partial charge in [-0.25, -0.2) is 0 Å². The first-order valence-electron chi connectivity index (χ1n) is 5.18. The molecule has 0 aromatic rings. The molecule has 1 fully saturated rings. The zero-order chi connectivity index (χ0) is 8.81. The van der Waals surface area contributed by atoms with Crippen LogP contribution in [0.4, 0.5) is 0 Å². The summed E-state index contributed by atoms with van der Waals surface area (Å²) in [7, 11) is 0. The Balaban J connectivity index is 2.15. The molecule has 0 aliphatic heterocycles. The molecule has 1 N–H and O–H groups in total. The van der Waals surface area contributed by atoms with Gasteiger partial charge in [0, 0.05) is 29.4 Å². The maximum Gasteiger partial charge on any atom is 0.0169 e. The molecule has 1 rings (SSSR count). The van der Waals surface area contributed by atoms with Gasteiger partial charge in [-0.3, -0.25) is 3.53 Å². The van der Waals surface area contributed by atoms with Crippen LogP contribution in [0.2, 0.25) is 0 Å². The molecule has 1 aliphatic carbocycles. The highest BCUT2D eigenvalue weighted by Crippen LogP contribution is 2.31. The zero-order valence-electron chi connectivity index (χ0n) is 7.98. The van der Waals surface area contributed by atoms with Crippen LogP contribution in [-0.4, -0.2) is 6.54 Å². The summed E-state index contributed by atoms with van der Waals surface area (Å²) in [5.41, 5.74) is 0. The maximum absolute atomic E-state index is 3.21. The monoisotopic (exact) mass is 281 g/mol. The van der Waals surface area contributed by atoms with Crippen molar-refractivity contribution in [2.75, 3.05) is 6.54 Å². The number of halogens is 1. The summed E-state index contributed by atoms with van der Waals surface area (Å²) in [5, 5.41) is 0. The topological polar surface area (TPSA) is 12.0 Å². The minimum absolute atomic E-state index is 0.938. The van der Waals surface area contributed by atoms with E-state index < -0.39 is 0 Å². The lowest BCUT2D eigenvalue weighted by Crippen LogP contribution is -2.18. The van der Waals surface area contributed by atoms with Crippen molar-refractivity contribution in [1.29, 1.82) is 0 Å². The highest BCUT2D eigenvalue weighted by atomic mass is 127. The van der Waals surface area contributed by atoms with E-state index in [-0.39, 0.29) is 0 Å². The quantitative estimate of drug-likeness (QED) is 0.614. The number of nitrogens with one attached hydrogen (secondary N) is 1. The van der Waals surface area contributed by atoms with Gasteiger partial charge in [-0.05, 0) is 18.3 Å². The minimum Gasteiger partial charge on any atom is -0.261 e. The van der Waals surface area contributed by atoms with Gasteiger partial charge in [0.25, 0.3) is 0 Å². The van der Waals surface area contributed by atoms with Crippen molar-refractivity contribution in [3.8, 4) is 0 Å². The molecule has 1 saturated carbocycles.